The van der Waals surface area contributed by atoms with E-state index >= 15 is 0 Å². The summed E-state index contributed by atoms with van der Waals surface area (Å²) in [6.45, 7) is 1.23. The molecule has 1 aromatic heterocycles. The van der Waals surface area contributed by atoms with Crippen LogP contribution in [0.15, 0.2) is 30.5 Å². The lowest BCUT2D eigenvalue weighted by Gasteiger charge is -2.04. The third kappa shape index (κ3) is 3.05. The monoisotopic (exact) mass is 239 g/mol. The van der Waals surface area contributed by atoms with Crippen LogP contribution in [-0.2, 0) is 13.1 Å². The van der Waals surface area contributed by atoms with Gasteiger partial charge in [-0.15, -0.1) is 0 Å². The van der Waals surface area contributed by atoms with Crippen LogP contribution in [0, 0.1) is 5.82 Å². The second kappa shape index (κ2) is 5.09. The maximum Gasteiger partial charge on any atom is 0.125 e. The molecule has 2 N–H and O–H groups in total. The van der Waals surface area contributed by atoms with Crippen LogP contribution in [0.3, 0.4) is 0 Å². The number of aromatic amines is 1. The molecule has 0 aliphatic heterocycles. The first-order valence-electron chi connectivity index (χ1n) is 4.88. The Hall–Kier alpha value is -1.39. The van der Waals surface area contributed by atoms with E-state index in [-0.39, 0.29) is 5.82 Å². The molecule has 0 saturated heterocycles. The zero-order chi connectivity index (χ0) is 11.4. The van der Waals surface area contributed by atoms with Gasteiger partial charge in [0.15, 0.2) is 0 Å². The van der Waals surface area contributed by atoms with Gasteiger partial charge in [-0.2, -0.15) is 5.10 Å². The average molecular weight is 240 g/mol. The van der Waals surface area contributed by atoms with Gasteiger partial charge in [0.2, 0.25) is 0 Å². The lowest BCUT2D eigenvalue weighted by Crippen LogP contribution is -2.13. The quantitative estimate of drug-likeness (QED) is 0.861. The van der Waals surface area contributed by atoms with Gasteiger partial charge in [0.1, 0.15) is 5.82 Å². The third-order valence-electron chi connectivity index (χ3n) is 2.13. The second-order valence-corrected chi connectivity index (χ2v) is 3.90. The normalized spacial score (nSPS) is 10.6. The summed E-state index contributed by atoms with van der Waals surface area (Å²) in [5.41, 5.74) is 1.81. The van der Waals surface area contributed by atoms with Crippen molar-refractivity contribution in [3.63, 3.8) is 0 Å². The largest absolute Gasteiger partial charge is 0.307 e. The summed E-state index contributed by atoms with van der Waals surface area (Å²) in [6, 6.07) is 6.38. The molecule has 0 fully saturated rings. The predicted molar refractivity (Wildman–Crippen MR) is 60.5 cm³/mol. The summed E-state index contributed by atoms with van der Waals surface area (Å²) in [5.74, 6) is -0.314. The smallest absolute Gasteiger partial charge is 0.125 e. The van der Waals surface area contributed by atoms with Crippen LogP contribution in [0.2, 0.25) is 5.02 Å². The van der Waals surface area contributed by atoms with Crippen molar-refractivity contribution in [3.05, 3.63) is 52.6 Å². The Labute approximate surface area is 97.6 Å². The van der Waals surface area contributed by atoms with Crippen LogP contribution in [0.4, 0.5) is 4.39 Å². The highest BCUT2D eigenvalue weighted by Crippen LogP contribution is 2.13. The third-order valence-corrected chi connectivity index (χ3v) is 2.34. The summed E-state index contributed by atoms with van der Waals surface area (Å²) >= 11 is 5.74. The van der Waals surface area contributed by atoms with Gasteiger partial charge in [-0.25, -0.2) is 4.39 Å². The van der Waals surface area contributed by atoms with E-state index in [1.165, 1.54) is 12.1 Å². The van der Waals surface area contributed by atoms with Crippen LogP contribution in [-0.4, -0.2) is 10.2 Å². The number of nitrogens with one attached hydrogen (secondary N) is 2. The van der Waals surface area contributed by atoms with Crippen LogP contribution >= 0.6 is 11.6 Å². The highest BCUT2D eigenvalue weighted by atomic mass is 35.5. The molecule has 1 aromatic carbocycles. The van der Waals surface area contributed by atoms with Gasteiger partial charge >= 0.3 is 0 Å². The van der Waals surface area contributed by atoms with Crippen molar-refractivity contribution in [3.8, 4) is 0 Å². The molecule has 3 nitrogen and oxygen atoms in total. The van der Waals surface area contributed by atoms with Crippen molar-refractivity contribution in [2.75, 3.05) is 0 Å². The molecule has 0 radical (unpaired) electrons. The van der Waals surface area contributed by atoms with Crippen molar-refractivity contribution in [2.24, 2.45) is 0 Å². The molecule has 5 heteroatoms. The van der Waals surface area contributed by atoms with E-state index in [1.807, 2.05) is 6.07 Å². The Morgan fingerprint density at radius 2 is 2.19 bits per heavy atom. The molecule has 2 aromatic rings. The van der Waals surface area contributed by atoms with Gasteiger partial charge in [-0.05, 0) is 29.8 Å². The van der Waals surface area contributed by atoms with Gasteiger partial charge in [0, 0.05) is 30.0 Å². The number of hydrogen-bond donors (Lipinski definition) is 2. The fraction of sp³-hybridized carbons (Fsp3) is 0.182. The number of hydrogen-bond acceptors (Lipinski definition) is 2. The van der Waals surface area contributed by atoms with Gasteiger partial charge in [0.05, 0.1) is 0 Å². The minimum Gasteiger partial charge on any atom is -0.307 e. The SMILES string of the molecule is Fc1cc(Cl)cc(CNCc2ccn[nH]2)c1. The van der Waals surface area contributed by atoms with Crippen molar-refractivity contribution < 1.29 is 4.39 Å². The maximum absolute atomic E-state index is 13.0. The molecule has 0 unspecified atom stereocenters. The van der Waals surface area contributed by atoms with Crippen LogP contribution in [0.25, 0.3) is 0 Å². The molecule has 84 valence electrons. The number of nitrogens with zero attached hydrogens (tertiary/aromatic N) is 1. The number of H-pyrrole nitrogens is 1. The van der Waals surface area contributed by atoms with Gasteiger partial charge in [-0.1, -0.05) is 11.6 Å². The Bertz CT molecular complexity index is 436. The fourth-order valence-corrected chi connectivity index (χ4v) is 1.68. The van der Waals surface area contributed by atoms with E-state index in [4.69, 9.17) is 11.6 Å². The Balaban J connectivity index is 1.89. The number of aromatic nitrogens is 2. The van der Waals surface area contributed by atoms with Gasteiger partial charge < -0.3 is 5.32 Å². The van der Waals surface area contributed by atoms with Crippen LogP contribution in [0.1, 0.15) is 11.3 Å². The van der Waals surface area contributed by atoms with Crippen molar-refractivity contribution >= 4 is 11.6 Å². The van der Waals surface area contributed by atoms with Gasteiger partial charge in [-0.3, -0.25) is 5.10 Å². The highest BCUT2D eigenvalue weighted by molar-refractivity contribution is 6.30. The molecule has 0 aliphatic carbocycles. The number of benzene rings is 1. The lowest BCUT2D eigenvalue weighted by molar-refractivity contribution is 0.619. The molecule has 0 aliphatic rings. The fourth-order valence-electron chi connectivity index (χ4n) is 1.44. The predicted octanol–water partition coefficient (Wildman–Crippen LogP) is 2.49. The molecular formula is C11H11ClFN3. The molecule has 2 rings (SSSR count). The number of rotatable bonds is 4. The van der Waals surface area contributed by atoms with Gasteiger partial charge in [0.25, 0.3) is 0 Å². The standard InChI is InChI=1S/C11H11ClFN3/c12-9-3-8(4-10(13)5-9)6-14-7-11-1-2-15-16-11/h1-5,14H,6-7H2,(H,15,16). The summed E-state index contributed by atoms with van der Waals surface area (Å²) in [7, 11) is 0. The van der Waals surface area contributed by atoms with Crippen LogP contribution < -0.4 is 5.32 Å². The molecule has 0 bridgehead atoms. The zero-order valence-electron chi connectivity index (χ0n) is 8.50. The summed E-state index contributed by atoms with van der Waals surface area (Å²) in [4.78, 5) is 0. The van der Waals surface area contributed by atoms with E-state index in [2.05, 4.69) is 15.5 Å². The second-order valence-electron chi connectivity index (χ2n) is 3.46. The van der Waals surface area contributed by atoms with E-state index in [9.17, 15) is 4.39 Å². The van der Waals surface area contributed by atoms with E-state index in [1.54, 1.807) is 12.3 Å². The minimum atomic E-state index is -0.314. The van der Waals surface area contributed by atoms with Crippen molar-refractivity contribution in [1.82, 2.24) is 15.5 Å². The highest BCUT2D eigenvalue weighted by Gasteiger charge is 1.99. The molecule has 0 atom stereocenters. The first-order valence-corrected chi connectivity index (χ1v) is 5.26. The molecule has 1 heterocycles. The zero-order valence-corrected chi connectivity index (χ0v) is 9.26. The molecule has 16 heavy (non-hydrogen) atoms. The Kier molecular flexibility index (Phi) is 3.54. The summed E-state index contributed by atoms with van der Waals surface area (Å²) < 4.78 is 13.0. The summed E-state index contributed by atoms with van der Waals surface area (Å²) in [5, 5.41) is 10.2. The first kappa shape index (κ1) is 11.1. The minimum absolute atomic E-state index is 0.314. The first-order chi connectivity index (χ1) is 7.74. The van der Waals surface area contributed by atoms with Crippen LogP contribution in [0.5, 0.6) is 0 Å². The lowest BCUT2D eigenvalue weighted by atomic mass is 10.2. The Morgan fingerprint density at radius 1 is 1.31 bits per heavy atom. The maximum atomic E-state index is 13.0. The Morgan fingerprint density at radius 3 is 2.88 bits per heavy atom. The van der Waals surface area contributed by atoms with E-state index < -0.39 is 0 Å². The number of halogens is 2. The summed E-state index contributed by atoms with van der Waals surface area (Å²) in [6.07, 6.45) is 1.69. The molecular weight excluding hydrogens is 229 g/mol. The van der Waals surface area contributed by atoms with Crippen molar-refractivity contribution in [2.45, 2.75) is 13.1 Å². The topological polar surface area (TPSA) is 40.7 Å². The van der Waals surface area contributed by atoms with E-state index in [0.717, 1.165) is 11.3 Å². The molecule has 0 saturated carbocycles. The van der Waals surface area contributed by atoms with Crippen molar-refractivity contribution in [1.29, 1.82) is 0 Å². The molecule has 0 amide bonds. The molecule has 0 spiro atoms. The van der Waals surface area contributed by atoms with E-state index in [0.29, 0.717) is 18.1 Å². The average Bonchev–Trinajstić information content (AvgIpc) is 2.69.